The van der Waals surface area contributed by atoms with Gasteiger partial charge in [-0.1, -0.05) is 25.1 Å². The second-order valence-corrected chi connectivity index (χ2v) is 13.4. The van der Waals surface area contributed by atoms with E-state index >= 15 is 4.39 Å². The zero-order valence-corrected chi connectivity index (χ0v) is 25.5. The van der Waals surface area contributed by atoms with E-state index in [9.17, 15) is 14.8 Å². The van der Waals surface area contributed by atoms with Crippen molar-refractivity contribution in [3.63, 3.8) is 0 Å². The van der Waals surface area contributed by atoms with Gasteiger partial charge in [-0.05, 0) is 90.4 Å². The standard InChI is InChI=1S/C36H37F2N5O2/c1-2-27-31(38)9-5-22-12-26(44)14-29(33(22)27)21-4-8-28-32(13-21)41-35(45-20-36-10-3-11-43(36)17-23(37)15-36)30(16-39)34(28)42-18-24-6-7-25(19-42)40-24/h4-5,8-9,12-14,23-25,40,44H,2-3,6-7,10-11,15,17-20H2,1H3/t23-,24-,25+,36+/m1/s1. The van der Waals surface area contributed by atoms with Crippen LogP contribution in [0.15, 0.2) is 42.5 Å². The van der Waals surface area contributed by atoms with Crippen LogP contribution in [0, 0.1) is 17.1 Å². The number of hydrogen-bond acceptors (Lipinski definition) is 7. The van der Waals surface area contributed by atoms with Crippen LogP contribution in [-0.2, 0) is 6.42 Å². The molecule has 4 aliphatic heterocycles. The zero-order chi connectivity index (χ0) is 30.9. The summed E-state index contributed by atoms with van der Waals surface area (Å²) in [5.41, 5.74) is 3.61. The van der Waals surface area contributed by atoms with Gasteiger partial charge in [0.05, 0.1) is 16.7 Å². The van der Waals surface area contributed by atoms with Crippen LogP contribution in [0.25, 0.3) is 32.8 Å². The summed E-state index contributed by atoms with van der Waals surface area (Å²) in [4.78, 5) is 9.46. The fourth-order valence-corrected chi connectivity index (χ4v) is 8.63. The van der Waals surface area contributed by atoms with Gasteiger partial charge in [0, 0.05) is 43.5 Å². The number of nitrogens with one attached hydrogen (secondary N) is 1. The molecule has 1 aromatic heterocycles. The lowest BCUT2D eigenvalue weighted by molar-refractivity contribution is 0.110. The van der Waals surface area contributed by atoms with Crippen LogP contribution in [0.3, 0.4) is 0 Å². The Morgan fingerprint density at radius 2 is 1.96 bits per heavy atom. The molecule has 2 N–H and O–H groups in total. The number of fused-ring (bicyclic) bond motifs is 5. The van der Waals surface area contributed by atoms with Crippen LogP contribution in [0.1, 0.15) is 50.2 Å². The van der Waals surface area contributed by atoms with E-state index in [0.29, 0.717) is 48.1 Å². The molecule has 0 amide bonds. The molecule has 4 atom stereocenters. The van der Waals surface area contributed by atoms with Gasteiger partial charge in [-0.15, -0.1) is 0 Å². The lowest BCUT2D eigenvalue weighted by Gasteiger charge is -2.36. The average Bonchev–Trinajstić information content (AvgIpc) is 3.68. The Morgan fingerprint density at radius 3 is 2.73 bits per heavy atom. The molecule has 7 nitrogen and oxygen atoms in total. The molecule has 4 fully saturated rings. The van der Waals surface area contributed by atoms with E-state index < -0.39 is 6.17 Å². The van der Waals surface area contributed by atoms with Crippen LogP contribution in [0.5, 0.6) is 11.6 Å². The minimum Gasteiger partial charge on any atom is -0.508 e. The SMILES string of the molecule is CCc1c(F)ccc2cc(O)cc(-c3ccc4c(N5C[C@H]6CC[C@@H](C5)N6)c(C#N)c(OC[C@@]56CCCN5C[C@H](F)C6)nc4c3)c12. The Hall–Kier alpha value is -4.00. The number of anilines is 1. The number of benzene rings is 3. The minimum atomic E-state index is -0.877. The fourth-order valence-electron chi connectivity index (χ4n) is 8.63. The molecule has 2 bridgehead atoms. The highest BCUT2D eigenvalue weighted by Crippen LogP contribution is 2.44. The van der Waals surface area contributed by atoms with Crippen LogP contribution in [0.4, 0.5) is 14.5 Å². The number of nitriles is 1. The number of phenolic OH excluding ortho intramolecular Hbond substituents is 1. The van der Waals surface area contributed by atoms with Gasteiger partial charge < -0.3 is 20.1 Å². The fraction of sp³-hybridized carbons (Fsp3) is 0.444. The van der Waals surface area contributed by atoms with E-state index in [1.807, 2.05) is 25.1 Å². The number of aromatic hydroxyl groups is 1. The normalized spacial score (nSPS) is 26.1. The van der Waals surface area contributed by atoms with E-state index in [2.05, 4.69) is 21.2 Å². The molecule has 232 valence electrons. The van der Waals surface area contributed by atoms with Gasteiger partial charge in [0.15, 0.2) is 0 Å². The molecule has 4 aromatic rings. The second kappa shape index (κ2) is 10.8. The number of piperazine rings is 1. The molecule has 0 unspecified atom stereocenters. The van der Waals surface area contributed by atoms with Gasteiger partial charge in [-0.3, -0.25) is 4.90 Å². The predicted octanol–water partition coefficient (Wildman–Crippen LogP) is 6.23. The molecule has 4 saturated heterocycles. The van der Waals surface area contributed by atoms with E-state index in [0.717, 1.165) is 78.3 Å². The van der Waals surface area contributed by atoms with Crippen molar-refractivity contribution in [3.05, 3.63) is 59.4 Å². The van der Waals surface area contributed by atoms with Crippen molar-refractivity contribution >= 4 is 27.4 Å². The molecule has 0 spiro atoms. The maximum Gasteiger partial charge on any atom is 0.234 e. The maximum atomic E-state index is 15.0. The van der Waals surface area contributed by atoms with Gasteiger partial charge in [0.2, 0.25) is 5.88 Å². The summed E-state index contributed by atoms with van der Waals surface area (Å²) in [6.45, 7) is 5.05. The van der Waals surface area contributed by atoms with Crippen LogP contribution in [-0.4, -0.2) is 71.6 Å². The Balaban J connectivity index is 1.29. The minimum absolute atomic E-state index is 0.100. The highest BCUT2D eigenvalue weighted by Gasteiger charge is 2.49. The molecular formula is C36H37F2N5O2. The van der Waals surface area contributed by atoms with Gasteiger partial charge >= 0.3 is 0 Å². The third-order valence-electron chi connectivity index (χ3n) is 10.6. The monoisotopic (exact) mass is 609 g/mol. The number of aromatic nitrogens is 1. The second-order valence-electron chi connectivity index (χ2n) is 13.4. The molecule has 0 radical (unpaired) electrons. The lowest BCUT2D eigenvalue weighted by Crippen LogP contribution is -2.51. The average molecular weight is 610 g/mol. The molecule has 45 heavy (non-hydrogen) atoms. The number of phenols is 1. The number of pyridine rings is 1. The number of hydrogen-bond donors (Lipinski definition) is 2. The number of rotatable bonds is 6. The summed E-state index contributed by atoms with van der Waals surface area (Å²) in [5.74, 6) is 0.0966. The van der Waals surface area contributed by atoms with Crippen molar-refractivity contribution in [2.24, 2.45) is 0 Å². The lowest BCUT2D eigenvalue weighted by atomic mass is 9.92. The Bertz CT molecular complexity index is 1860. The van der Waals surface area contributed by atoms with E-state index in [1.165, 1.54) is 6.07 Å². The molecular weight excluding hydrogens is 572 g/mol. The summed E-state index contributed by atoms with van der Waals surface area (Å²) >= 11 is 0. The molecule has 8 rings (SSSR count). The number of nitrogens with zero attached hydrogens (tertiary/aromatic N) is 4. The first kappa shape index (κ1) is 28.5. The first-order chi connectivity index (χ1) is 21.9. The summed E-state index contributed by atoms with van der Waals surface area (Å²) in [6.07, 6.45) is 4.13. The third kappa shape index (κ3) is 4.69. The Kier molecular flexibility index (Phi) is 6.84. The summed E-state index contributed by atoms with van der Waals surface area (Å²) in [5, 5.41) is 27.3. The summed E-state index contributed by atoms with van der Waals surface area (Å²) < 4.78 is 36.1. The largest absolute Gasteiger partial charge is 0.508 e. The highest BCUT2D eigenvalue weighted by molar-refractivity contribution is 6.04. The van der Waals surface area contributed by atoms with Crippen molar-refractivity contribution in [1.29, 1.82) is 5.26 Å². The molecule has 4 aliphatic rings. The highest BCUT2D eigenvalue weighted by atomic mass is 19.1. The van der Waals surface area contributed by atoms with Crippen molar-refractivity contribution in [3.8, 4) is 28.8 Å². The number of alkyl halides is 1. The van der Waals surface area contributed by atoms with Gasteiger partial charge in [-0.2, -0.15) is 5.26 Å². The van der Waals surface area contributed by atoms with Gasteiger partial charge in [-0.25, -0.2) is 13.8 Å². The first-order valence-corrected chi connectivity index (χ1v) is 16.2. The van der Waals surface area contributed by atoms with E-state index in [1.54, 1.807) is 18.2 Å². The summed E-state index contributed by atoms with van der Waals surface area (Å²) in [7, 11) is 0. The first-order valence-electron chi connectivity index (χ1n) is 16.2. The van der Waals surface area contributed by atoms with Crippen LogP contribution in [0.2, 0.25) is 0 Å². The van der Waals surface area contributed by atoms with Gasteiger partial charge in [0.1, 0.15) is 36.0 Å². The van der Waals surface area contributed by atoms with Gasteiger partial charge in [0.25, 0.3) is 0 Å². The molecule has 0 aliphatic carbocycles. The molecule has 9 heteroatoms. The van der Waals surface area contributed by atoms with Crippen LogP contribution < -0.4 is 15.0 Å². The Morgan fingerprint density at radius 1 is 1.13 bits per heavy atom. The quantitative estimate of drug-likeness (QED) is 0.268. The smallest absolute Gasteiger partial charge is 0.234 e. The summed E-state index contributed by atoms with van der Waals surface area (Å²) in [6, 6.07) is 15.6. The molecule has 3 aromatic carbocycles. The Labute approximate surface area is 261 Å². The molecule has 0 saturated carbocycles. The van der Waals surface area contributed by atoms with E-state index in [-0.39, 0.29) is 29.6 Å². The predicted molar refractivity (Wildman–Crippen MR) is 171 cm³/mol. The van der Waals surface area contributed by atoms with Crippen molar-refractivity contribution in [2.75, 3.05) is 37.7 Å². The maximum absolute atomic E-state index is 15.0. The van der Waals surface area contributed by atoms with Crippen LogP contribution >= 0.6 is 0 Å². The van der Waals surface area contributed by atoms with Crippen molar-refractivity contribution in [1.82, 2.24) is 15.2 Å². The van der Waals surface area contributed by atoms with Crippen molar-refractivity contribution in [2.45, 2.75) is 69.2 Å². The number of ether oxygens (including phenoxy) is 1. The number of halogens is 2. The number of aryl methyl sites for hydroxylation is 1. The zero-order valence-electron chi connectivity index (χ0n) is 25.5. The topological polar surface area (TPSA) is 84.6 Å². The molecule has 5 heterocycles. The van der Waals surface area contributed by atoms with E-state index in [4.69, 9.17) is 9.72 Å². The van der Waals surface area contributed by atoms with Crippen molar-refractivity contribution < 1.29 is 18.6 Å². The third-order valence-corrected chi connectivity index (χ3v) is 10.6.